The van der Waals surface area contributed by atoms with Gasteiger partial charge in [0.15, 0.2) is 0 Å². The summed E-state index contributed by atoms with van der Waals surface area (Å²) in [5.41, 5.74) is 8.08. The largest absolute Gasteiger partial charge is 0.379 e. The number of hydrogen-bond donors (Lipinski definition) is 0. The van der Waals surface area contributed by atoms with Gasteiger partial charge in [-0.1, -0.05) is 26.7 Å². The average molecular weight is 437 g/mol. The molecule has 0 radical (unpaired) electrons. The summed E-state index contributed by atoms with van der Waals surface area (Å²) in [7, 11) is 3.06. The van der Waals surface area contributed by atoms with Crippen molar-refractivity contribution < 1.29 is 33.4 Å². The van der Waals surface area contributed by atoms with Crippen molar-refractivity contribution in [3.8, 4) is 0 Å². The Morgan fingerprint density at radius 3 is 2.18 bits per heavy atom. The van der Waals surface area contributed by atoms with E-state index in [0.29, 0.717) is 57.0 Å². The van der Waals surface area contributed by atoms with Gasteiger partial charge in [0.1, 0.15) is 0 Å². The maximum atomic E-state index is 11.6. The molecule has 0 saturated carbocycles. The van der Waals surface area contributed by atoms with E-state index in [1.807, 2.05) is 0 Å². The third-order valence-corrected chi connectivity index (χ3v) is 5.50. The van der Waals surface area contributed by atoms with Crippen molar-refractivity contribution in [2.75, 3.05) is 57.7 Å². The minimum Gasteiger partial charge on any atom is -0.379 e. The third-order valence-electron chi connectivity index (χ3n) is 3.13. The molecule has 0 aromatic heterocycles. The minimum absolute atomic E-state index is 0.0917. The molecule has 1 saturated heterocycles. The summed E-state index contributed by atoms with van der Waals surface area (Å²) in [6.45, 7) is 3.10. The number of imide groups is 1. The van der Waals surface area contributed by atoms with E-state index in [9.17, 15) is 14.4 Å². The average Bonchev–Trinajstić information content (AvgIpc) is 2.99. The molecule has 1 aliphatic heterocycles. The number of hydroxylamine groups is 2. The van der Waals surface area contributed by atoms with Crippen molar-refractivity contribution >= 4 is 39.4 Å². The second-order valence-electron chi connectivity index (χ2n) is 5.23. The molecule has 0 atom stereocenters. The molecule has 28 heavy (non-hydrogen) atoms. The fourth-order valence-electron chi connectivity index (χ4n) is 1.83. The van der Waals surface area contributed by atoms with Crippen molar-refractivity contribution in [1.29, 1.82) is 0 Å². The monoisotopic (exact) mass is 436 g/mol. The lowest BCUT2D eigenvalue weighted by atomic mass is 10.4. The summed E-state index contributed by atoms with van der Waals surface area (Å²) < 4.78 is 15.9. The van der Waals surface area contributed by atoms with Crippen LogP contribution >= 0.6 is 21.6 Å². The number of azide groups is 1. The topological polar surface area (TPSA) is 140 Å². The zero-order chi connectivity index (χ0) is 20.5. The van der Waals surface area contributed by atoms with E-state index in [-0.39, 0.29) is 19.3 Å². The number of nitrogens with zero attached hydrogens (tertiary/aromatic N) is 4. The first kappa shape index (κ1) is 24.5. The lowest BCUT2D eigenvalue weighted by Gasteiger charge is -2.12. The summed E-state index contributed by atoms with van der Waals surface area (Å²) in [6.07, 6.45) is 0.303. The van der Waals surface area contributed by atoms with Crippen LogP contribution in [0.3, 0.4) is 0 Å². The first-order valence-corrected chi connectivity index (χ1v) is 11.2. The van der Waals surface area contributed by atoms with Gasteiger partial charge in [-0.3, -0.25) is 9.59 Å². The summed E-state index contributed by atoms with van der Waals surface area (Å²) in [5, 5.41) is 3.90. The van der Waals surface area contributed by atoms with Crippen molar-refractivity contribution in [2.45, 2.75) is 19.3 Å². The summed E-state index contributed by atoms with van der Waals surface area (Å²) in [6, 6.07) is 0. The van der Waals surface area contributed by atoms with E-state index < -0.39 is 17.8 Å². The molecule has 1 rings (SSSR count). The van der Waals surface area contributed by atoms with Gasteiger partial charge >= 0.3 is 5.97 Å². The predicted molar refractivity (Wildman–Crippen MR) is 103 cm³/mol. The van der Waals surface area contributed by atoms with E-state index in [2.05, 4.69) is 10.0 Å². The smallest absolute Gasteiger partial charge is 0.334 e. The minimum atomic E-state index is -0.591. The van der Waals surface area contributed by atoms with Crippen LogP contribution in [0.2, 0.25) is 0 Å². The Hall–Kier alpha value is -1.50. The van der Waals surface area contributed by atoms with Crippen LogP contribution in [0.1, 0.15) is 19.3 Å². The Balaban J connectivity index is 1.80. The number of carbonyl (C=O) groups is 3. The molecule has 11 nitrogen and oxygen atoms in total. The highest BCUT2D eigenvalue weighted by Gasteiger charge is 2.32. The molecular formula is C15H24N4O7S2. The molecule has 0 N–H and O–H groups in total. The summed E-state index contributed by atoms with van der Waals surface area (Å²) in [5.74, 6) is -0.265. The normalized spacial score (nSPS) is 13.6. The number of carbonyl (C=O) groups excluding carboxylic acids is 3. The van der Waals surface area contributed by atoms with Crippen LogP contribution < -0.4 is 0 Å². The Morgan fingerprint density at radius 1 is 0.964 bits per heavy atom. The maximum Gasteiger partial charge on any atom is 0.334 e. The van der Waals surface area contributed by atoms with Crippen molar-refractivity contribution in [3.63, 3.8) is 0 Å². The van der Waals surface area contributed by atoms with Gasteiger partial charge in [0.2, 0.25) is 0 Å². The van der Waals surface area contributed by atoms with E-state index >= 15 is 0 Å². The lowest BCUT2D eigenvalue weighted by molar-refractivity contribution is -0.197. The zero-order valence-corrected chi connectivity index (χ0v) is 17.1. The van der Waals surface area contributed by atoms with Crippen LogP contribution in [0.15, 0.2) is 5.11 Å². The fraction of sp³-hybridized carbons (Fsp3) is 0.800. The van der Waals surface area contributed by atoms with Gasteiger partial charge < -0.3 is 19.0 Å². The second kappa shape index (κ2) is 16.5. The highest BCUT2D eigenvalue weighted by Crippen LogP contribution is 2.22. The fourth-order valence-corrected chi connectivity index (χ4v) is 3.67. The molecule has 0 aromatic carbocycles. The zero-order valence-electron chi connectivity index (χ0n) is 15.4. The standard InChI is InChI=1S/C15H24N4O7S2/c16-18-17-4-5-23-6-7-24-8-9-25-10-12-28-27-11-3-15(22)26-19-13(20)1-2-14(19)21/h1-12H2. The van der Waals surface area contributed by atoms with Gasteiger partial charge in [-0.05, 0) is 5.53 Å². The highest BCUT2D eigenvalue weighted by atomic mass is 33.1. The number of amides is 2. The molecule has 1 aliphatic rings. The molecule has 1 fully saturated rings. The second-order valence-corrected chi connectivity index (χ2v) is 7.93. The van der Waals surface area contributed by atoms with Crippen LogP contribution in [0, 0.1) is 0 Å². The molecule has 1 heterocycles. The molecule has 0 unspecified atom stereocenters. The van der Waals surface area contributed by atoms with Gasteiger partial charge in [0, 0.05) is 35.8 Å². The van der Waals surface area contributed by atoms with Crippen molar-refractivity contribution in [2.24, 2.45) is 5.11 Å². The Kier molecular flexibility index (Phi) is 14.4. The highest BCUT2D eigenvalue weighted by molar-refractivity contribution is 8.76. The van der Waals surface area contributed by atoms with Gasteiger partial charge in [-0.15, -0.1) is 5.06 Å². The molecule has 0 aliphatic carbocycles. The molecule has 158 valence electrons. The van der Waals surface area contributed by atoms with Gasteiger partial charge in [-0.25, -0.2) is 4.79 Å². The first-order valence-electron chi connectivity index (χ1n) is 8.70. The van der Waals surface area contributed by atoms with Gasteiger partial charge in [-0.2, -0.15) is 0 Å². The Labute approximate surface area is 170 Å². The first-order chi connectivity index (χ1) is 13.6. The van der Waals surface area contributed by atoms with E-state index in [4.69, 9.17) is 24.6 Å². The molecule has 2 amide bonds. The number of ether oxygens (including phenoxy) is 3. The van der Waals surface area contributed by atoms with Crippen LogP contribution in [-0.4, -0.2) is 80.5 Å². The molecule has 0 bridgehead atoms. The van der Waals surface area contributed by atoms with Crippen molar-refractivity contribution in [1.82, 2.24) is 5.06 Å². The molecule has 0 aromatic rings. The Bertz CT molecular complexity index is 530. The van der Waals surface area contributed by atoms with Crippen LogP contribution in [0.25, 0.3) is 10.4 Å². The lowest BCUT2D eigenvalue weighted by Crippen LogP contribution is -2.32. The van der Waals surface area contributed by atoms with Gasteiger partial charge in [0.05, 0.1) is 46.1 Å². The number of rotatable bonds is 17. The van der Waals surface area contributed by atoms with E-state index in [1.165, 1.54) is 10.8 Å². The molecular weight excluding hydrogens is 412 g/mol. The van der Waals surface area contributed by atoms with E-state index in [0.717, 1.165) is 5.75 Å². The van der Waals surface area contributed by atoms with Crippen LogP contribution in [0.5, 0.6) is 0 Å². The summed E-state index contributed by atoms with van der Waals surface area (Å²) in [4.78, 5) is 41.6. The third kappa shape index (κ3) is 12.1. The van der Waals surface area contributed by atoms with Crippen LogP contribution in [0.4, 0.5) is 0 Å². The SMILES string of the molecule is [N-]=[N+]=NCCOCCOCCOCCSSCCC(=O)ON1C(=O)CCC1=O. The maximum absolute atomic E-state index is 11.6. The van der Waals surface area contributed by atoms with Crippen molar-refractivity contribution in [3.05, 3.63) is 10.4 Å². The van der Waals surface area contributed by atoms with Crippen LogP contribution in [-0.2, 0) is 33.4 Å². The summed E-state index contributed by atoms with van der Waals surface area (Å²) >= 11 is 0. The number of hydrogen-bond acceptors (Lipinski definition) is 10. The molecule has 0 spiro atoms. The quantitative estimate of drug-likeness (QED) is 0.0832. The molecule has 13 heteroatoms. The van der Waals surface area contributed by atoms with E-state index in [1.54, 1.807) is 10.8 Å². The predicted octanol–water partition coefficient (Wildman–Crippen LogP) is 1.73. The Morgan fingerprint density at radius 2 is 1.54 bits per heavy atom. The van der Waals surface area contributed by atoms with Gasteiger partial charge in [0.25, 0.3) is 11.8 Å².